The minimum absolute atomic E-state index is 0.175. The maximum atomic E-state index is 10.8. The van der Waals surface area contributed by atoms with E-state index in [0.717, 1.165) is 25.9 Å². The second-order valence-corrected chi connectivity index (χ2v) is 3.46. The molecule has 1 aliphatic rings. The van der Waals surface area contributed by atoms with Gasteiger partial charge in [0.15, 0.2) is 0 Å². The summed E-state index contributed by atoms with van der Waals surface area (Å²) in [5.41, 5.74) is 0.767. The zero-order chi connectivity index (χ0) is 9.97. The number of aromatic carboxylic acids is 1. The number of carboxylic acid groups (broad SMARTS) is 1. The van der Waals surface area contributed by atoms with Gasteiger partial charge >= 0.3 is 5.97 Å². The highest BCUT2D eigenvalue weighted by Gasteiger charge is 2.24. The summed E-state index contributed by atoms with van der Waals surface area (Å²) >= 11 is 0. The fourth-order valence-corrected chi connectivity index (χ4v) is 1.79. The van der Waals surface area contributed by atoms with E-state index in [1.165, 1.54) is 6.26 Å². The highest BCUT2D eigenvalue weighted by atomic mass is 16.5. The van der Waals surface area contributed by atoms with Crippen LogP contribution in [0, 0.1) is 0 Å². The average Bonchev–Trinajstić information content (AvgIpc) is 2.67. The van der Waals surface area contributed by atoms with E-state index in [9.17, 15) is 4.79 Å². The Morgan fingerprint density at radius 1 is 1.71 bits per heavy atom. The summed E-state index contributed by atoms with van der Waals surface area (Å²) in [4.78, 5) is 10.8. The molecular weight excluding hydrogens is 184 g/mol. The van der Waals surface area contributed by atoms with Gasteiger partial charge in [-0.2, -0.15) is 0 Å². The number of carbonyl (C=O) groups is 1. The number of hydrogen-bond donors (Lipinski definition) is 2. The number of rotatable bonds is 2. The molecule has 1 aliphatic heterocycles. The summed E-state index contributed by atoms with van der Waals surface area (Å²) in [6.45, 7) is 1.78. The molecule has 1 fully saturated rings. The van der Waals surface area contributed by atoms with Gasteiger partial charge in [-0.15, -0.1) is 0 Å². The minimum Gasteiger partial charge on any atom is -0.478 e. The number of nitrogens with one attached hydrogen (secondary N) is 1. The first-order valence-corrected chi connectivity index (χ1v) is 4.67. The predicted molar refractivity (Wildman–Crippen MR) is 48.3 cm³/mol. The van der Waals surface area contributed by atoms with Gasteiger partial charge in [0.05, 0.1) is 0 Å². The smallest absolute Gasteiger partial charge is 0.340 e. The topological polar surface area (TPSA) is 75.4 Å². The van der Waals surface area contributed by atoms with Crippen molar-refractivity contribution in [2.45, 2.75) is 18.8 Å². The SMILES string of the molecule is O=C(O)c1conc1[C@H]1CCCNC1. The monoisotopic (exact) mass is 196 g/mol. The molecule has 0 amide bonds. The lowest BCUT2D eigenvalue weighted by molar-refractivity contribution is 0.0694. The van der Waals surface area contributed by atoms with Gasteiger partial charge in [0, 0.05) is 12.5 Å². The summed E-state index contributed by atoms with van der Waals surface area (Å²) in [6, 6.07) is 0. The Labute approximate surface area is 81.1 Å². The highest BCUT2D eigenvalue weighted by Crippen LogP contribution is 2.24. The lowest BCUT2D eigenvalue weighted by Crippen LogP contribution is -2.29. The molecule has 2 N–H and O–H groups in total. The van der Waals surface area contributed by atoms with Crippen LogP contribution < -0.4 is 5.32 Å². The van der Waals surface area contributed by atoms with E-state index >= 15 is 0 Å². The molecular formula is C9H12N2O3. The van der Waals surface area contributed by atoms with Gasteiger partial charge in [-0.05, 0) is 19.4 Å². The quantitative estimate of drug-likeness (QED) is 0.733. The van der Waals surface area contributed by atoms with Crippen LogP contribution in [0.25, 0.3) is 0 Å². The van der Waals surface area contributed by atoms with Crippen molar-refractivity contribution in [1.82, 2.24) is 10.5 Å². The zero-order valence-corrected chi connectivity index (χ0v) is 7.69. The van der Waals surface area contributed by atoms with Crippen LogP contribution in [-0.2, 0) is 0 Å². The van der Waals surface area contributed by atoms with Gasteiger partial charge in [0.1, 0.15) is 17.5 Å². The van der Waals surface area contributed by atoms with Crippen LogP contribution in [0.4, 0.5) is 0 Å². The van der Waals surface area contributed by atoms with Crippen LogP contribution >= 0.6 is 0 Å². The fourth-order valence-electron chi connectivity index (χ4n) is 1.79. The molecule has 0 aromatic carbocycles. The molecule has 0 unspecified atom stereocenters. The summed E-state index contributed by atoms with van der Waals surface area (Å²) in [6.07, 6.45) is 3.22. The molecule has 2 heterocycles. The first kappa shape index (κ1) is 9.21. The molecule has 0 bridgehead atoms. The number of piperidine rings is 1. The fraction of sp³-hybridized carbons (Fsp3) is 0.556. The molecule has 76 valence electrons. The molecule has 2 rings (SSSR count). The summed E-state index contributed by atoms with van der Waals surface area (Å²) in [7, 11) is 0. The maximum absolute atomic E-state index is 10.8. The minimum atomic E-state index is -0.966. The largest absolute Gasteiger partial charge is 0.478 e. The standard InChI is InChI=1S/C9H12N2O3/c12-9(13)7-5-14-11-8(7)6-2-1-3-10-4-6/h5-6,10H,1-4H2,(H,12,13)/t6-/m0/s1. The van der Waals surface area contributed by atoms with E-state index in [2.05, 4.69) is 10.5 Å². The molecule has 1 aromatic heterocycles. The van der Waals surface area contributed by atoms with Gasteiger partial charge in [-0.25, -0.2) is 4.79 Å². The Balaban J connectivity index is 2.21. The highest BCUT2D eigenvalue weighted by molar-refractivity contribution is 5.88. The maximum Gasteiger partial charge on any atom is 0.340 e. The predicted octanol–water partition coefficient (Wildman–Crippen LogP) is 0.840. The van der Waals surface area contributed by atoms with Crippen LogP contribution in [0.5, 0.6) is 0 Å². The molecule has 0 spiro atoms. The van der Waals surface area contributed by atoms with Gasteiger partial charge in [0.25, 0.3) is 0 Å². The van der Waals surface area contributed by atoms with E-state index in [4.69, 9.17) is 9.63 Å². The Kier molecular flexibility index (Phi) is 2.49. The molecule has 14 heavy (non-hydrogen) atoms. The van der Waals surface area contributed by atoms with Gasteiger partial charge in [0.2, 0.25) is 0 Å². The summed E-state index contributed by atoms with van der Waals surface area (Å²) < 4.78 is 4.70. The van der Waals surface area contributed by atoms with Crippen molar-refractivity contribution in [1.29, 1.82) is 0 Å². The van der Waals surface area contributed by atoms with Gasteiger partial charge < -0.3 is 14.9 Å². The third-order valence-corrected chi connectivity index (χ3v) is 2.51. The first-order valence-electron chi connectivity index (χ1n) is 4.67. The van der Waals surface area contributed by atoms with Crippen molar-refractivity contribution in [2.24, 2.45) is 0 Å². The molecule has 0 saturated carbocycles. The number of nitrogens with zero attached hydrogens (tertiary/aromatic N) is 1. The summed E-state index contributed by atoms with van der Waals surface area (Å²) in [5.74, 6) is -0.791. The molecule has 0 aliphatic carbocycles. The number of aromatic nitrogens is 1. The molecule has 1 saturated heterocycles. The van der Waals surface area contributed by atoms with Crippen molar-refractivity contribution >= 4 is 5.97 Å². The molecule has 0 radical (unpaired) electrons. The molecule has 1 atom stereocenters. The number of carboxylic acids is 1. The van der Waals surface area contributed by atoms with Crippen LogP contribution in [-0.4, -0.2) is 29.3 Å². The van der Waals surface area contributed by atoms with Crippen LogP contribution in [0.3, 0.4) is 0 Å². The van der Waals surface area contributed by atoms with Crippen molar-refractivity contribution in [3.63, 3.8) is 0 Å². The number of hydrogen-bond acceptors (Lipinski definition) is 4. The second-order valence-electron chi connectivity index (χ2n) is 3.46. The first-order chi connectivity index (χ1) is 6.79. The summed E-state index contributed by atoms with van der Waals surface area (Å²) in [5, 5.41) is 15.8. The third kappa shape index (κ3) is 1.63. The van der Waals surface area contributed by atoms with Crippen molar-refractivity contribution in [3.05, 3.63) is 17.5 Å². The Hall–Kier alpha value is -1.36. The normalized spacial score (nSPS) is 22.1. The van der Waals surface area contributed by atoms with Crippen LogP contribution in [0.1, 0.15) is 34.8 Å². The van der Waals surface area contributed by atoms with E-state index in [0.29, 0.717) is 5.69 Å². The third-order valence-electron chi connectivity index (χ3n) is 2.51. The van der Waals surface area contributed by atoms with Crippen molar-refractivity contribution < 1.29 is 14.4 Å². The van der Waals surface area contributed by atoms with Crippen molar-refractivity contribution in [3.8, 4) is 0 Å². The van der Waals surface area contributed by atoms with Crippen LogP contribution in [0.2, 0.25) is 0 Å². The Bertz CT molecular complexity index is 329. The van der Waals surface area contributed by atoms with Gasteiger partial charge in [-0.3, -0.25) is 0 Å². The lowest BCUT2D eigenvalue weighted by Gasteiger charge is -2.20. The van der Waals surface area contributed by atoms with Crippen molar-refractivity contribution in [2.75, 3.05) is 13.1 Å². The molecule has 5 nitrogen and oxygen atoms in total. The zero-order valence-electron chi connectivity index (χ0n) is 7.69. The van der Waals surface area contributed by atoms with Crippen LogP contribution in [0.15, 0.2) is 10.8 Å². The average molecular weight is 196 g/mol. The van der Waals surface area contributed by atoms with E-state index < -0.39 is 5.97 Å². The van der Waals surface area contributed by atoms with Gasteiger partial charge in [-0.1, -0.05) is 5.16 Å². The lowest BCUT2D eigenvalue weighted by atomic mass is 9.94. The molecule has 1 aromatic rings. The Morgan fingerprint density at radius 3 is 3.21 bits per heavy atom. The second kappa shape index (κ2) is 3.79. The van der Waals surface area contributed by atoms with E-state index in [1.54, 1.807) is 0 Å². The molecule has 5 heteroatoms. The van der Waals surface area contributed by atoms with E-state index in [1.807, 2.05) is 0 Å². The Morgan fingerprint density at radius 2 is 2.57 bits per heavy atom. The van der Waals surface area contributed by atoms with E-state index in [-0.39, 0.29) is 11.5 Å².